The van der Waals surface area contributed by atoms with Crippen LogP contribution in [-0.2, 0) is 16.1 Å². The van der Waals surface area contributed by atoms with Crippen molar-refractivity contribution in [1.82, 2.24) is 19.7 Å². The number of hydrogen-bond donors (Lipinski definition) is 1. The highest BCUT2D eigenvalue weighted by atomic mass is 16.5. The second-order valence-corrected chi connectivity index (χ2v) is 13.4. The fourth-order valence-corrected chi connectivity index (χ4v) is 7.10. The number of carbonyl (C=O) groups excluding carboxylic acids is 3. The van der Waals surface area contributed by atoms with Crippen LogP contribution >= 0.6 is 0 Å². The summed E-state index contributed by atoms with van der Waals surface area (Å²) in [4.78, 5) is 42.0. The van der Waals surface area contributed by atoms with Crippen molar-refractivity contribution in [1.29, 1.82) is 0 Å². The maximum Gasteiger partial charge on any atom is 0.328 e. The predicted molar refractivity (Wildman–Crippen MR) is 203 cm³/mol. The number of nitrogens with one attached hydrogen (secondary N) is 1. The Morgan fingerprint density at radius 1 is 0.750 bits per heavy atom. The van der Waals surface area contributed by atoms with Gasteiger partial charge in [0, 0.05) is 62.3 Å². The fourth-order valence-electron chi connectivity index (χ4n) is 7.10. The van der Waals surface area contributed by atoms with Gasteiger partial charge < -0.3 is 18.9 Å². The lowest BCUT2D eigenvalue weighted by molar-refractivity contribution is -0.135. The van der Waals surface area contributed by atoms with Gasteiger partial charge in [-0.25, -0.2) is 4.79 Å². The molecule has 10 nitrogen and oxygen atoms in total. The monoisotopic (exact) mass is 699 g/mol. The molecular formula is C42H45N5O5. The minimum atomic E-state index is -0.430. The molecule has 1 aromatic heterocycles. The molecule has 0 bridgehead atoms. The first-order valence-corrected chi connectivity index (χ1v) is 18.1. The Hall–Kier alpha value is -5.61. The van der Waals surface area contributed by atoms with Crippen LogP contribution in [0.2, 0.25) is 0 Å². The number of hydrogen-bond acceptors (Lipinski definition) is 6. The smallest absolute Gasteiger partial charge is 0.328 e. The number of ether oxygens (including phenoxy) is 2. The molecule has 4 amide bonds. The summed E-state index contributed by atoms with van der Waals surface area (Å²) in [6.07, 6.45) is 2.26. The molecule has 2 aliphatic heterocycles. The lowest BCUT2D eigenvalue weighted by Crippen LogP contribution is -2.50. The van der Waals surface area contributed by atoms with Gasteiger partial charge in [-0.15, -0.1) is 0 Å². The predicted octanol–water partition coefficient (Wildman–Crippen LogP) is 6.49. The molecule has 5 aromatic rings. The number of amides is 4. The van der Waals surface area contributed by atoms with Gasteiger partial charge in [-0.3, -0.25) is 24.7 Å². The molecule has 52 heavy (non-hydrogen) atoms. The quantitative estimate of drug-likeness (QED) is 0.141. The van der Waals surface area contributed by atoms with E-state index >= 15 is 0 Å². The van der Waals surface area contributed by atoms with Gasteiger partial charge in [-0.2, -0.15) is 0 Å². The van der Waals surface area contributed by atoms with Gasteiger partial charge in [-0.1, -0.05) is 60.7 Å². The highest BCUT2D eigenvalue weighted by molar-refractivity contribution is 6.05. The topological polar surface area (TPSA) is 96.3 Å². The minimum Gasteiger partial charge on any atom is -0.494 e. The number of para-hydroxylation sites is 1. The number of piperazine rings is 1. The molecule has 4 aromatic carbocycles. The molecule has 2 fully saturated rings. The summed E-state index contributed by atoms with van der Waals surface area (Å²) in [6.45, 7) is 7.98. The molecule has 10 heteroatoms. The Balaban J connectivity index is 0.806. The second-order valence-electron chi connectivity index (χ2n) is 13.4. The first-order valence-electron chi connectivity index (χ1n) is 18.1. The third kappa shape index (κ3) is 8.13. The normalized spacial score (nSPS) is 15.2. The number of imide groups is 1. The molecule has 0 saturated carbocycles. The van der Waals surface area contributed by atoms with Gasteiger partial charge >= 0.3 is 6.03 Å². The van der Waals surface area contributed by atoms with Gasteiger partial charge in [0.25, 0.3) is 5.91 Å². The average molecular weight is 700 g/mol. The van der Waals surface area contributed by atoms with E-state index in [1.54, 1.807) is 24.3 Å². The molecule has 3 heterocycles. The van der Waals surface area contributed by atoms with Crippen LogP contribution in [0.1, 0.15) is 30.4 Å². The van der Waals surface area contributed by atoms with Gasteiger partial charge in [0.15, 0.2) is 6.61 Å². The first kappa shape index (κ1) is 34.8. The van der Waals surface area contributed by atoms with Crippen LogP contribution in [0.4, 0.5) is 10.5 Å². The molecule has 2 saturated heterocycles. The summed E-state index contributed by atoms with van der Waals surface area (Å²) in [7, 11) is 0. The van der Waals surface area contributed by atoms with Gasteiger partial charge in [0.1, 0.15) is 11.5 Å². The first-order chi connectivity index (χ1) is 25.4. The van der Waals surface area contributed by atoms with E-state index in [0.717, 1.165) is 44.8 Å². The van der Waals surface area contributed by atoms with Crippen LogP contribution in [0.15, 0.2) is 103 Å². The van der Waals surface area contributed by atoms with Crippen LogP contribution in [0.25, 0.3) is 22.2 Å². The molecule has 268 valence electrons. The second kappa shape index (κ2) is 16.2. The fraction of sp³-hybridized carbons (Fsp3) is 0.310. The molecule has 7 rings (SSSR count). The molecule has 0 unspecified atom stereocenters. The third-order valence-corrected chi connectivity index (χ3v) is 9.96. The van der Waals surface area contributed by atoms with E-state index in [1.807, 2.05) is 4.90 Å². The Morgan fingerprint density at radius 2 is 1.44 bits per heavy atom. The van der Waals surface area contributed by atoms with Crippen molar-refractivity contribution < 1.29 is 23.9 Å². The summed E-state index contributed by atoms with van der Waals surface area (Å²) in [5, 5.41) is 3.60. The molecular weight excluding hydrogens is 654 g/mol. The number of aromatic nitrogens is 1. The lowest BCUT2D eigenvalue weighted by Gasteiger charge is -2.34. The summed E-state index contributed by atoms with van der Waals surface area (Å²) >= 11 is 0. The van der Waals surface area contributed by atoms with E-state index in [-0.39, 0.29) is 24.8 Å². The number of rotatable bonds is 13. The maximum atomic E-state index is 12.8. The number of aryl methyl sites for hydroxylation is 1. The van der Waals surface area contributed by atoms with E-state index in [1.165, 1.54) is 38.2 Å². The zero-order chi connectivity index (χ0) is 35.9. The van der Waals surface area contributed by atoms with Crippen molar-refractivity contribution in [3.05, 3.63) is 114 Å². The van der Waals surface area contributed by atoms with Crippen LogP contribution in [0.3, 0.4) is 0 Å². The Kier molecular flexibility index (Phi) is 10.8. The summed E-state index contributed by atoms with van der Waals surface area (Å²) < 4.78 is 14.3. The average Bonchev–Trinajstić information content (AvgIpc) is 3.45. The lowest BCUT2D eigenvalue weighted by atomic mass is 10.1. The van der Waals surface area contributed by atoms with Crippen molar-refractivity contribution in [2.45, 2.75) is 32.7 Å². The molecule has 0 radical (unpaired) electrons. The summed E-state index contributed by atoms with van der Waals surface area (Å²) in [5.41, 5.74) is 6.93. The molecule has 1 N–H and O–H groups in total. The molecule has 0 aliphatic carbocycles. The molecule has 0 atom stereocenters. The third-order valence-electron chi connectivity index (χ3n) is 9.96. The zero-order valence-electron chi connectivity index (χ0n) is 29.6. The number of carbonyl (C=O) groups is 3. The van der Waals surface area contributed by atoms with E-state index in [4.69, 9.17) is 9.47 Å². The largest absolute Gasteiger partial charge is 0.494 e. The highest BCUT2D eigenvalue weighted by Crippen LogP contribution is 2.34. The number of urea groups is 1. The van der Waals surface area contributed by atoms with Gasteiger partial charge in [0.05, 0.1) is 12.3 Å². The number of benzene rings is 4. The van der Waals surface area contributed by atoms with Gasteiger partial charge in [0.2, 0.25) is 5.91 Å². The Morgan fingerprint density at radius 3 is 2.19 bits per heavy atom. The Labute approximate surface area is 304 Å². The number of anilines is 1. The summed E-state index contributed by atoms with van der Waals surface area (Å²) in [6, 6.07) is 34.3. The van der Waals surface area contributed by atoms with E-state index in [2.05, 4.69) is 101 Å². The van der Waals surface area contributed by atoms with Crippen molar-refractivity contribution in [3.8, 4) is 22.8 Å². The minimum absolute atomic E-state index is 0.0337. The van der Waals surface area contributed by atoms with E-state index in [0.29, 0.717) is 37.7 Å². The SMILES string of the molecule is Cc1c(-c2ccccc2)n(Cc2ccc(OCCCCN3CCN(C(=O)COc4ccc(N5CCC(=O)NC5=O)cc4)CC3)cc2)c2ccccc12. The Bertz CT molecular complexity index is 2000. The van der Waals surface area contributed by atoms with Crippen LogP contribution in [-0.4, -0.2) is 84.7 Å². The van der Waals surface area contributed by atoms with Crippen molar-refractivity contribution in [2.75, 3.05) is 57.4 Å². The number of unbranched alkanes of at least 4 members (excludes halogenated alkanes) is 1. The zero-order valence-corrected chi connectivity index (χ0v) is 29.6. The summed E-state index contributed by atoms with van der Waals surface area (Å²) in [5.74, 6) is 1.14. The van der Waals surface area contributed by atoms with Crippen LogP contribution < -0.4 is 19.7 Å². The van der Waals surface area contributed by atoms with Crippen molar-refractivity contribution in [3.63, 3.8) is 0 Å². The standard InChI is InChI=1S/C42H45N5O5/c1-31-37-11-5-6-12-38(37)47(41(31)33-9-3-2-4-10-33)29-32-13-17-35(18-14-32)51-28-8-7-22-44-24-26-45(27-25-44)40(49)30-52-36-19-15-34(16-20-36)46-23-21-39(48)43-42(46)50/h2-6,9-20H,7-8,21-30H2,1H3,(H,43,48,50). The van der Waals surface area contributed by atoms with Crippen LogP contribution in [0.5, 0.6) is 11.5 Å². The maximum absolute atomic E-state index is 12.8. The number of fused-ring (bicyclic) bond motifs is 1. The van der Waals surface area contributed by atoms with Gasteiger partial charge in [-0.05, 0) is 85.5 Å². The van der Waals surface area contributed by atoms with E-state index in [9.17, 15) is 14.4 Å². The molecule has 0 spiro atoms. The van der Waals surface area contributed by atoms with Crippen molar-refractivity contribution >= 4 is 34.4 Å². The van der Waals surface area contributed by atoms with E-state index < -0.39 is 6.03 Å². The van der Waals surface area contributed by atoms with Crippen molar-refractivity contribution in [2.24, 2.45) is 0 Å². The molecule has 2 aliphatic rings. The highest BCUT2D eigenvalue weighted by Gasteiger charge is 2.25. The van der Waals surface area contributed by atoms with Crippen LogP contribution in [0, 0.1) is 6.92 Å². The number of nitrogens with zero attached hydrogens (tertiary/aromatic N) is 4.